The number of carbonyl (C=O) groups excluding carboxylic acids is 2. The van der Waals surface area contributed by atoms with Crippen molar-refractivity contribution < 1.29 is 53.1 Å². The molecule has 3 rings (SSSR count). The van der Waals surface area contributed by atoms with E-state index in [-0.39, 0.29) is 26.5 Å². The van der Waals surface area contributed by atoms with Crippen LogP contribution in [-0.2, 0) is 16.2 Å². The van der Waals surface area contributed by atoms with Gasteiger partial charge >= 0.3 is 18.0 Å². The highest BCUT2D eigenvalue weighted by Gasteiger charge is 2.29. The van der Waals surface area contributed by atoms with Crippen LogP contribution in [0, 0.1) is 11.6 Å². The molecule has 0 spiro atoms. The molecule has 232 valence electrons. The molecule has 8 N–H and O–H groups in total. The van der Waals surface area contributed by atoms with E-state index in [1.165, 1.54) is 12.8 Å². The number of anilines is 1. The number of benzene rings is 1. The van der Waals surface area contributed by atoms with Gasteiger partial charge < -0.3 is 41.1 Å². The number of ether oxygens (including phenoxy) is 1. The number of carboxylic acid groups (broad SMARTS) is 2. The lowest BCUT2D eigenvalue weighted by Crippen LogP contribution is -2.39. The molecule has 1 aliphatic heterocycles. The second kappa shape index (κ2) is 16.9. The first-order valence-corrected chi connectivity index (χ1v) is 14.0. The number of unbranched alkanes of at least 4 members (excludes halogenated alkanes) is 1. The first-order chi connectivity index (χ1) is 19.8. The summed E-state index contributed by atoms with van der Waals surface area (Å²) in [7, 11) is 0. The van der Waals surface area contributed by atoms with Gasteiger partial charge in [0.2, 0.25) is 5.88 Å². The van der Waals surface area contributed by atoms with Crippen molar-refractivity contribution in [3.8, 4) is 5.88 Å². The Morgan fingerprint density at radius 3 is 2.17 bits per heavy atom. The van der Waals surface area contributed by atoms with Gasteiger partial charge in [0.15, 0.2) is 12.2 Å². The third-order valence-corrected chi connectivity index (χ3v) is 6.99. The normalized spacial score (nSPS) is 14.3. The molecule has 0 aliphatic carbocycles. The lowest BCUT2D eigenvalue weighted by Gasteiger charge is -2.14. The quantitative estimate of drug-likeness (QED) is 0.151. The smallest absolute Gasteiger partial charge is 0.335 e. The van der Waals surface area contributed by atoms with Crippen molar-refractivity contribution in [2.24, 2.45) is 5.73 Å². The van der Waals surface area contributed by atoms with Crippen molar-refractivity contribution in [2.75, 3.05) is 31.5 Å². The van der Waals surface area contributed by atoms with Gasteiger partial charge in [0.05, 0.1) is 5.56 Å². The summed E-state index contributed by atoms with van der Waals surface area (Å²) in [6.45, 7) is 3.28. The van der Waals surface area contributed by atoms with E-state index in [1.807, 2.05) is 0 Å². The molecule has 3 amide bonds. The standard InChI is InChI=1S/C20H24BrF2N5O3S.C4H6O6/c21-12-9-14(22)13(15(23)10-12)11-31-18-16(17(24)29)19(32-27-18)26-20(30)25-5-1-2-6-28-7-3-4-8-28;5-1(3(7)8)2(6)4(9)10/h9-10H,1-8,11H2,(H2,24,29)(H2,25,26,30);1-2,5-6H,(H,7,8)(H,9,10)/t;1-,2-/m.1/s1. The van der Waals surface area contributed by atoms with E-state index in [2.05, 4.69) is 35.8 Å². The van der Waals surface area contributed by atoms with E-state index >= 15 is 0 Å². The summed E-state index contributed by atoms with van der Waals surface area (Å²) in [6.07, 6.45) is -0.231. The van der Waals surface area contributed by atoms with Crippen molar-refractivity contribution in [3.05, 3.63) is 39.4 Å². The van der Waals surface area contributed by atoms with E-state index in [4.69, 9.17) is 30.9 Å². The summed E-state index contributed by atoms with van der Waals surface area (Å²) in [6, 6.07) is 1.69. The topological polar surface area (TPSA) is 225 Å². The molecule has 1 fully saturated rings. The van der Waals surface area contributed by atoms with Crippen LogP contribution in [-0.4, -0.2) is 92.0 Å². The van der Waals surface area contributed by atoms with Crippen LogP contribution in [0.5, 0.6) is 5.88 Å². The maximum Gasteiger partial charge on any atom is 0.335 e. The second-order valence-corrected chi connectivity index (χ2v) is 10.6. The van der Waals surface area contributed by atoms with Gasteiger partial charge in [-0.15, -0.1) is 0 Å². The molecule has 2 aromatic rings. The Morgan fingerprint density at radius 2 is 1.64 bits per heavy atom. The van der Waals surface area contributed by atoms with E-state index < -0.39 is 54.3 Å². The maximum absolute atomic E-state index is 14.0. The fraction of sp³-hybridized carbons (Fsp3) is 0.458. The molecule has 0 saturated carbocycles. The van der Waals surface area contributed by atoms with Crippen LogP contribution >= 0.6 is 27.5 Å². The fourth-order valence-corrected chi connectivity index (χ4v) is 4.75. The van der Waals surface area contributed by atoms with E-state index in [0.29, 0.717) is 6.54 Å². The summed E-state index contributed by atoms with van der Waals surface area (Å²) >= 11 is 3.79. The van der Waals surface area contributed by atoms with Gasteiger partial charge in [-0.1, -0.05) is 15.9 Å². The Kier molecular flexibility index (Phi) is 13.9. The lowest BCUT2D eigenvalue weighted by atomic mass is 10.2. The van der Waals surface area contributed by atoms with Crippen LogP contribution in [0.25, 0.3) is 0 Å². The van der Waals surface area contributed by atoms with Crippen LogP contribution in [0.3, 0.4) is 0 Å². The molecule has 2 atom stereocenters. The molecule has 0 unspecified atom stereocenters. The number of nitrogens with zero attached hydrogens (tertiary/aromatic N) is 2. The highest BCUT2D eigenvalue weighted by Crippen LogP contribution is 2.31. The number of nitrogens with one attached hydrogen (secondary N) is 2. The molecule has 0 radical (unpaired) electrons. The number of urea groups is 1. The third kappa shape index (κ3) is 10.8. The summed E-state index contributed by atoms with van der Waals surface area (Å²) in [5.41, 5.74) is 4.92. The van der Waals surface area contributed by atoms with Gasteiger partial charge in [0.25, 0.3) is 5.91 Å². The van der Waals surface area contributed by atoms with Gasteiger partial charge in [-0.05, 0) is 69.0 Å². The minimum Gasteiger partial charge on any atom is -0.479 e. The Bertz CT molecular complexity index is 1220. The number of rotatable bonds is 13. The molecular weight excluding hydrogens is 652 g/mol. The second-order valence-electron chi connectivity index (χ2n) is 8.90. The number of aliphatic hydroxyl groups is 2. The number of carbonyl (C=O) groups is 4. The highest BCUT2D eigenvalue weighted by atomic mass is 79.9. The number of carboxylic acids is 2. The van der Waals surface area contributed by atoms with Gasteiger partial charge in [-0.2, -0.15) is 4.37 Å². The Labute approximate surface area is 250 Å². The summed E-state index contributed by atoms with van der Waals surface area (Å²) < 4.78 is 37.5. The number of aliphatic carboxylic acids is 2. The van der Waals surface area contributed by atoms with Gasteiger partial charge in [-0.25, -0.2) is 23.2 Å². The zero-order valence-electron chi connectivity index (χ0n) is 22.0. The van der Waals surface area contributed by atoms with Crippen LogP contribution in [0.2, 0.25) is 0 Å². The van der Waals surface area contributed by atoms with Gasteiger partial charge in [0, 0.05) is 11.0 Å². The van der Waals surface area contributed by atoms with Crippen LogP contribution < -0.4 is 21.1 Å². The van der Waals surface area contributed by atoms with Gasteiger partial charge in [0.1, 0.15) is 28.8 Å². The van der Waals surface area contributed by atoms with E-state index in [9.17, 15) is 28.0 Å². The van der Waals surface area contributed by atoms with Crippen molar-refractivity contribution in [1.82, 2.24) is 14.6 Å². The minimum atomic E-state index is -2.27. The average molecular weight is 682 g/mol. The maximum atomic E-state index is 14.0. The van der Waals surface area contributed by atoms with Crippen molar-refractivity contribution >= 4 is 56.3 Å². The highest BCUT2D eigenvalue weighted by molar-refractivity contribution is 9.10. The number of aliphatic hydroxyl groups excluding tert-OH is 2. The molecular formula is C24H30BrF2N5O9S. The lowest BCUT2D eigenvalue weighted by molar-refractivity contribution is -0.165. The first kappa shape index (κ1) is 34.7. The molecule has 2 heterocycles. The monoisotopic (exact) mass is 681 g/mol. The number of likely N-dealkylation sites (tertiary alicyclic amines) is 1. The molecule has 1 aromatic heterocycles. The first-order valence-electron chi connectivity index (χ1n) is 12.5. The molecule has 42 heavy (non-hydrogen) atoms. The predicted molar refractivity (Wildman–Crippen MR) is 148 cm³/mol. The van der Waals surface area contributed by atoms with Crippen LogP contribution in [0.4, 0.5) is 18.6 Å². The number of primary amides is 1. The van der Waals surface area contributed by atoms with Crippen LogP contribution in [0.15, 0.2) is 16.6 Å². The summed E-state index contributed by atoms with van der Waals surface area (Å²) in [5.74, 6) is -6.24. The number of halogens is 3. The molecule has 14 nitrogen and oxygen atoms in total. The molecule has 18 heteroatoms. The third-order valence-electron chi connectivity index (χ3n) is 5.78. The van der Waals surface area contributed by atoms with E-state index in [1.54, 1.807) is 0 Å². The van der Waals surface area contributed by atoms with Gasteiger partial charge in [-0.3, -0.25) is 10.1 Å². The molecule has 1 saturated heterocycles. The Morgan fingerprint density at radius 1 is 1.07 bits per heavy atom. The molecule has 0 bridgehead atoms. The van der Waals surface area contributed by atoms with Crippen molar-refractivity contribution in [1.29, 1.82) is 0 Å². The van der Waals surface area contributed by atoms with Crippen molar-refractivity contribution in [3.63, 3.8) is 0 Å². The SMILES string of the molecule is NC(=O)c1c(OCc2c(F)cc(Br)cc2F)nsc1NC(=O)NCCCCN1CCCC1.O=C(O)[C@H](O)[C@@H](O)C(=O)O. The molecule has 1 aromatic carbocycles. The number of aromatic nitrogens is 1. The Hall–Kier alpha value is -3.45. The summed E-state index contributed by atoms with van der Waals surface area (Å²) in [5, 5.41) is 37.9. The summed E-state index contributed by atoms with van der Waals surface area (Å²) in [4.78, 5) is 46.0. The van der Waals surface area contributed by atoms with Crippen LogP contribution in [0.1, 0.15) is 41.6 Å². The molecule has 1 aliphatic rings. The zero-order chi connectivity index (χ0) is 31.4. The van der Waals surface area contributed by atoms with E-state index in [0.717, 1.165) is 56.1 Å². The largest absolute Gasteiger partial charge is 0.479 e. The van der Waals surface area contributed by atoms with Crippen molar-refractivity contribution in [2.45, 2.75) is 44.5 Å². The predicted octanol–water partition coefficient (Wildman–Crippen LogP) is 1.74. The zero-order valence-corrected chi connectivity index (χ0v) is 24.4. The fourth-order valence-electron chi connectivity index (χ4n) is 3.61. The number of nitrogens with two attached hydrogens (primary N) is 1. The number of hydrogen-bond acceptors (Lipinski definition) is 10. The Balaban J connectivity index is 0.000000528. The number of hydrogen-bond donors (Lipinski definition) is 7. The minimum absolute atomic E-state index is 0.0961. The number of amides is 3. The average Bonchev–Trinajstić information content (AvgIpc) is 3.57.